The summed E-state index contributed by atoms with van der Waals surface area (Å²) >= 11 is 0. The molecule has 1 aromatic heterocycles. The van der Waals surface area contributed by atoms with E-state index in [2.05, 4.69) is 0 Å². The van der Waals surface area contributed by atoms with Crippen LogP contribution in [0.3, 0.4) is 0 Å². The van der Waals surface area contributed by atoms with Crippen LogP contribution in [-0.2, 0) is 11.2 Å². The highest BCUT2D eigenvalue weighted by Gasteiger charge is 2.24. The van der Waals surface area contributed by atoms with E-state index in [1.54, 1.807) is 17.0 Å². The predicted molar refractivity (Wildman–Crippen MR) is 102 cm³/mol. The zero-order chi connectivity index (χ0) is 19.2. The molecular weight excluding hydrogens is 344 g/mol. The quantitative estimate of drug-likeness (QED) is 0.812. The molecule has 6 nitrogen and oxygen atoms in total. The summed E-state index contributed by atoms with van der Waals surface area (Å²) in [4.78, 5) is 28.7. The topological polar surface area (TPSA) is 63.0 Å². The second kappa shape index (κ2) is 8.75. The zero-order valence-electron chi connectivity index (χ0n) is 15.9. The molecule has 1 aliphatic heterocycles. The number of rotatable bonds is 5. The highest BCUT2D eigenvalue weighted by atomic mass is 16.5. The number of hydrogen-bond donors (Lipinski definition) is 0. The smallest absolute Gasteiger partial charge is 0.289 e. The molecule has 0 bridgehead atoms. The van der Waals surface area contributed by atoms with E-state index >= 15 is 0 Å². The van der Waals surface area contributed by atoms with Gasteiger partial charge in [-0.1, -0.05) is 12.1 Å². The van der Waals surface area contributed by atoms with Crippen molar-refractivity contribution in [2.24, 2.45) is 0 Å². The Balaban J connectivity index is 1.54. The highest BCUT2D eigenvalue weighted by molar-refractivity contribution is 5.91. The van der Waals surface area contributed by atoms with Crippen LogP contribution in [0, 0.1) is 0 Å². The summed E-state index contributed by atoms with van der Waals surface area (Å²) in [6, 6.07) is 11.0. The lowest BCUT2D eigenvalue weighted by Crippen LogP contribution is -2.37. The van der Waals surface area contributed by atoms with Gasteiger partial charge in [0.1, 0.15) is 5.75 Å². The Hall–Kier alpha value is -2.76. The van der Waals surface area contributed by atoms with Gasteiger partial charge in [0, 0.05) is 26.2 Å². The fraction of sp³-hybridized carbons (Fsp3) is 0.429. The van der Waals surface area contributed by atoms with Gasteiger partial charge in [0.05, 0.1) is 18.8 Å². The molecule has 0 N–H and O–H groups in total. The summed E-state index contributed by atoms with van der Waals surface area (Å²) in [6.07, 6.45) is 2.74. The van der Waals surface area contributed by atoms with Crippen molar-refractivity contribution in [3.05, 3.63) is 54.0 Å². The summed E-state index contributed by atoms with van der Waals surface area (Å²) in [5, 5.41) is 0. The molecule has 0 unspecified atom stereocenters. The molecule has 0 saturated carbocycles. The first-order chi connectivity index (χ1) is 13.0. The van der Waals surface area contributed by atoms with Gasteiger partial charge in [0.15, 0.2) is 5.76 Å². The lowest BCUT2D eigenvalue weighted by molar-refractivity contribution is -0.130. The van der Waals surface area contributed by atoms with Crippen LogP contribution in [0.5, 0.6) is 5.75 Å². The van der Waals surface area contributed by atoms with Crippen molar-refractivity contribution in [2.75, 3.05) is 26.2 Å². The van der Waals surface area contributed by atoms with E-state index in [1.807, 2.05) is 43.0 Å². The third-order valence-electron chi connectivity index (χ3n) is 4.52. The Kier molecular flexibility index (Phi) is 6.16. The minimum Gasteiger partial charge on any atom is -0.491 e. The van der Waals surface area contributed by atoms with Crippen LogP contribution in [0.15, 0.2) is 47.1 Å². The molecular formula is C21H26N2O4. The molecule has 2 amide bonds. The van der Waals surface area contributed by atoms with E-state index in [0.717, 1.165) is 17.7 Å². The number of carbonyl (C=O) groups is 2. The maximum Gasteiger partial charge on any atom is 0.289 e. The monoisotopic (exact) mass is 370 g/mol. The van der Waals surface area contributed by atoms with E-state index < -0.39 is 0 Å². The molecule has 0 atom stereocenters. The molecule has 2 aromatic rings. The second-order valence-corrected chi connectivity index (χ2v) is 6.99. The van der Waals surface area contributed by atoms with Gasteiger partial charge in [-0.3, -0.25) is 9.59 Å². The number of carbonyl (C=O) groups excluding carboxylic acids is 2. The van der Waals surface area contributed by atoms with Gasteiger partial charge >= 0.3 is 0 Å². The predicted octanol–water partition coefficient (Wildman–Crippen LogP) is 2.98. The maximum atomic E-state index is 12.7. The lowest BCUT2D eigenvalue weighted by atomic mass is 10.1. The summed E-state index contributed by atoms with van der Waals surface area (Å²) in [5.74, 6) is 1.12. The van der Waals surface area contributed by atoms with Crippen molar-refractivity contribution in [1.29, 1.82) is 0 Å². The van der Waals surface area contributed by atoms with Crippen LogP contribution in [0.2, 0.25) is 0 Å². The molecule has 0 spiro atoms. The van der Waals surface area contributed by atoms with E-state index in [1.165, 1.54) is 6.26 Å². The first kappa shape index (κ1) is 19.0. The van der Waals surface area contributed by atoms with Gasteiger partial charge in [-0.15, -0.1) is 0 Å². The van der Waals surface area contributed by atoms with Crippen LogP contribution in [0.25, 0.3) is 0 Å². The van der Waals surface area contributed by atoms with Crippen LogP contribution in [0.4, 0.5) is 0 Å². The van der Waals surface area contributed by atoms with E-state index in [4.69, 9.17) is 9.15 Å². The first-order valence-corrected chi connectivity index (χ1v) is 9.39. The average Bonchev–Trinajstić information content (AvgIpc) is 3.06. The highest BCUT2D eigenvalue weighted by Crippen LogP contribution is 2.16. The fourth-order valence-electron chi connectivity index (χ4n) is 3.17. The minimum atomic E-state index is -0.116. The Morgan fingerprint density at radius 2 is 1.74 bits per heavy atom. The van der Waals surface area contributed by atoms with Gasteiger partial charge in [-0.2, -0.15) is 0 Å². The van der Waals surface area contributed by atoms with Crippen molar-refractivity contribution in [3.63, 3.8) is 0 Å². The molecule has 1 aliphatic rings. The summed E-state index contributed by atoms with van der Waals surface area (Å²) in [6.45, 7) is 6.32. The molecule has 0 aliphatic carbocycles. The lowest BCUT2D eigenvalue weighted by Gasteiger charge is -2.22. The van der Waals surface area contributed by atoms with Crippen molar-refractivity contribution in [1.82, 2.24) is 9.80 Å². The van der Waals surface area contributed by atoms with E-state index in [-0.39, 0.29) is 17.9 Å². The molecule has 1 aromatic carbocycles. The first-order valence-electron chi connectivity index (χ1n) is 9.39. The van der Waals surface area contributed by atoms with E-state index in [9.17, 15) is 9.59 Å². The minimum absolute atomic E-state index is 0.0832. The van der Waals surface area contributed by atoms with Gasteiger partial charge in [0.2, 0.25) is 5.91 Å². The fourth-order valence-corrected chi connectivity index (χ4v) is 3.17. The van der Waals surface area contributed by atoms with Crippen LogP contribution >= 0.6 is 0 Å². The molecule has 1 saturated heterocycles. The number of benzene rings is 1. The third kappa shape index (κ3) is 5.12. The van der Waals surface area contributed by atoms with Crippen LogP contribution in [0.1, 0.15) is 36.4 Å². The maximum absolute atomic E-state index is 12.7. The van der Waals surface area contributed by atoms with Crippen molar-refractivity contribution >= 4 is 11.8 Å². The van der Waals surface area contributed by atoms with E-state index in [0.29, 0.717) is 38.4 Å². The Bertz CT molecular complexity index is 753. The van der Waals surface area contributed by atoms with Crippen molar-refractivity contribution in [2.45, 2.75) is 32.8 Å². The molecule has 2 heterocycles. The summed E-state index contributed by atoms with van der Waals surface area (Å²) in [5.41, 5.74) is 0.962. The molecule has 27 heavy (non-hydrogen) atoms. The third-order valence-corrected chi connectivity index (χ3v) is 4.52. The van der Waals surface area contributed by atoms with Gasteiger partial charge in [-0.25, -0.2) is 0 Å². The zero-order valence-corrected chi connectivity index (χ0v) is 15.9. The van der Waals surface area contributed by atoms with Crippen LogP contribution < -0.4 is 4.74 Å². The van der Waals surface area contributed by atoms with Crippen molar-refractivity contribution in [3.8, 4) is 5.75 Å². The van der Waals surface area contributed by atoms with Crippen LogP contribution in [-0.4, -0.2) is 53.9 Å². The molecule has 6 heteroatoms. The Labute approximate surface area is 159 Å². The number of ether oxygens (including phenoxy) is 1. The Morgan fingerprint density at radius 3 is 2.41 bits per heavy atom. The average molecular weight is 370 g/mol. The van der Waals surface area contributed by atoms with Gasteiger partial charge in [-0.05, 0) is 50.1 Å². The summed E-state index contributed by atoms with van der Waals surface area (Å²) < 4.78 is 10.8. The number of amides is 2. The molecule has 144 valence electrons. The number of hydrogen-bond acceptors (Lipinski definition) is 4. The molecule has 3 rings (SSSR count). The Morgan fingerprint density at radius 1 is 1.04 bits per heavy atom. The molecule has 0 radical (unpaired) electrons. The molecule has 1 fully saturated rings. The standard InChI is InChI=1S/C21H26N2O4/c1-16(2)27-18-8-6-17(7-9-18)15-20(24)22-10-4-11-23(13-12-22)21(25)19-5-3-14-26-19/h3,5-9,14,16H,4,10-13,15H2,1-2H3. The number of furan rings is 1. The van der Waals surface area contributed by atoms with Gasteiger partial charge in [0.25, 0.3) is 5.91 Å². The second-order valence-electron chi connectivity index (χ2n) is 6.99. The van der Waals surface area contributed by atoms with Gasteiger partial charge < -0.3 is 19.0 Å². The summed E-state index contributed by atoms with van der Waals surface area (Å²) in [7, 11) is 0. The SMILES string of the molecule is CC(C)Oc1ccc(CC(=O)N2CCCN(C(=O)c3ccco3)CC2)cc1. The van der Waals surface area contributed by atoms with Crippen molar-refractivity contribution < 1.29 is 18.7 Å². The number of nitrogens with zero attached hydrogens (tertiary/aromatic N) is 2. The normalized spacial score (nSPS) is 14.9. The largest absolute Gasteiger partial charge is 0.491 e.